The van der Waals surface area contributed by atoms with E-state index in [0.29, 0.717) is 5.92 Å². The minimum Gasteiger partial charge on any atom is -0.379 e. The number of likely N-dealkylation sites (tertiary alicyclic amines) is 1. The molecule has 4 heterocycles. The molecule has 148 valence electrons. The van der Waals surface area contributed by atoms with Crippen molar-refractivity contribution < 1.29 is 4.74 Å². The van der Waals surface area contributed by atoms with E-state index in [-0.39, 0.29) is 0 Å². The van der Waals surface area contributed by atoms with Crippen LogP contribution in [0.3, 0.4) is 0 Å². The van der Waals surface area contributed by atoms with E-state index in [1.165, 1.54) is 12.8 Å². The summed E-state index contributed by atoms with van der Waals surface area (Å²) in [5.41, 5.74) is 0. The minimum atomic E-state index is 0.444. The van der Waals surface area contributed by atoms with Gasteiger partial charge in [-0.2, -0.15) is 0 Å². The van der Waals surface area contributed by atoms with Crippen molar-refractivity contribution in [3.8, 4) is 0 Å². The van der Waals surface area contributed by atoms with E-state index in [1.54, 1.807) is 0 Å². The van der Waals surface area contributed by atoms with Gasteiger partial charge in [-0.3, -0.25) is 9.80 Å². The summed E-state index contributed by atoms with van der Waals surface area (Å²) in [6.07, 6.45) is 6.35. The number of rotatable bonds is 6. The van der Waals surface area contributed by atoms with Crippen molar-refractivity contribution in [1.29, 1.82) is 0 Å². The Hall–Kier alpha value is -1.77. The second-order valence-electron chi connectivity index (χ2n) is 7.63. The highest BCUT2D eigenvalue weighted by Gasteiger charge is 2.27. The van der Waals surface area contributed by atoms with Crippen molar-refractivity contribution in [2.75, 3.05) is 39.4 Å². The van der Waals surface area contributed by atoms with Crippen LogP contribution in [0.5, 0.6) is 0 Å². The molecule has 2 aliphatic rings. The maximum atomic E-state index is 5.44. The van der Waals surface area contributed by atoms with Gasteiger partial charge in [0.2, 0.25) is 0 Å². The Bertz CT molecular complexity index is 734. The maximum absolute atomic E-state index is 5.44. The van der Waals surface area contributed by atoms with Crippen LogP contribution in [0.4, 0.5) is 0 Å². The van der Waals surface area contributed by atoms with Gasteiger partial charge in [0.15, 0.2) is 0 Å². The summed E-state index contributed by atoms with van der Waals surface area (Å²) in [5, 5.41) is 9.09. The van der Waals surface area contributed by atoms with Gasteiger partial charge in [-0.15, -0.1) is 10.2 Å². The van der Waals surface area contributed by atoms with E-state index in [4.69, 9.17) is 4.74 Å². The highest BCUT2D eigenvalue weighted by atomic mass is 16.5. The molecule has 0 radical (unpaired) electrons. The Labute approximate surface area is 161 Å². The van der Waals surface area contributed by atoms with E-state index >= 15 is 0 Å². The van der Waals surface area contributed by atoms with Crippen LogP contribution in [0.1, 0.15) is 43.2 Å². The topological polar surface area (TPSA) is 64.2 Å². The van der Waals surface area contributed by atoms with Gasteiger partial charge in [0, 0.05) is 51.5 Å². The van der Waals surface area contributed by atoms with Gasteiger partial charge in [-0.05, 0) is 26.3 Å². The summed E-state index contributed by atoms with van der Waals surface area (Å²) in [6, 6.07) is 0. The Morgan fingerprint density at radius 2 is 1.89 bits per heavy atom. The molecule has 8 heteroatoms. The average molecular weight is 374 g/mol. The number of aromatic nitrogens is 5. The number of hydrogen-bond donors (Lipinski definition) is 0. The molecular weight excluding hydrogens is 342 g/mol. The molecule has 2 aromatic heterocycles. The molecule has 0 bridgehead atoms. The van der Waals surface area contributed by atoms with Gasteiger partial charge in [0.25, 0.3) is 0 Å². The van der Waals surface area contributed by atoms with E-state index < -0.39 is 0 Å². The monoisotopic (exact) mass is 373 g/mol. The van der Waals surface area contributed by atoms with Crippen LogP contribution in [0, 0.1) is 0 Å². The lowest BCUT2D eigenvalue weighted by atomic mass is 9.97. The molecule has 0 aliphatic carbocycles. The zero-order valence-corrected chi connectivity index (χ0v) is 16.5. The van der Waals surface area contributed by atoms with E-state index in [1.807, 2.05) is 6.20 Å². The van der Waals surface area contributed by atoms with Gasteiger partial charge in [-0.25, -0.2) is 4.98 Å². The lowest BCUT2D eigenvalue weighted by Gasteiger charge is -2.32. The Kier molecular flexibility index (Phi) is 5.85. The van der Waals surface area contributed by atoms with Crippen LogP contribution in [-0.2, 0) is 31.4 Å². The van der Waals surface area contributed by atoms with Gasteiger partial charge in [0.05, 0.1) is 26.3 Å². The van der Waals surface area contributed by atoms with Crippen LogP contribution in [0.2, 0.25) is 0 Å². The summed E-state index contributed by atoms with van der Waals surface area (Å²) < 4.78 is 9.89. The van der Waals surface area contributed by atoms with Gasteiger partial charge in [-0.1, -0.05) is 0 Å². The third kappa shape index (κ3) is 4.23. The Morgan fingerprint density at radius 3 is 2.70 bits per heavy atom. The number of ether oxygens (including phenoxy) is 1. The Morgan fingerprint density at radius 1 is 1.07 bits per heavy atom. The Balaban J connectivity index is 1.40. The highest BCUT2D eigenvalue weighted by molar-refractivity contribution is 5.05. The predicted molar refractivity (Wildman–Crippen MR) is 102 cm³/mol. The third-order valence-corrected chi connectivity index (χ3v) is 5.85. The fourth-order valence-corrected chi connectivity index (χ4v) is 4.22. The molecule has 4 rings (SSSR count). The van der Waals surface area contributed by atoms with Crippen LogP contribution in [-0.4, -0.2) is 73.5 Å². The fraction of sp³-hybridized carbons (Fsp3) is 0.737. The molecule has 2 fully saturated rings. The van der Waals surface area contributed by atoms with E-state index in [2.05, 4.69) is 54.3 Å². The molecule has 2 aromatic rings. The molecule has 2 saturated heterocycles. The molecule has 2 aliphatic heterocycles. The molecule has 8 nitrogen and oxygen atoms in total. The quantitative estimate of drug-likeness (QED) is 0.759. The second kappa shape index (κ2) is 8.50. The van der Waals surface area contributed by atoms with Crippen molar-refractivity contribution in [3.05, 3.63) is 29.9 Å². The van der Waals surface area contributed by atoms with Crippen molar-refractivity contribution in [2.24, 2.45) is 7.05 Å². The molecular formula is C19H31N7O. The minimum absolute atomic E-state index is 0.444. The predicted octanol–water partition coefficient (Wildman–Crippen LogP) is 1.24. The molecule has 0 saturated carbocycles. The summed E-state index contributed by atoms with van der Waals surface area (Å²) in [7, 11) is 2.12. The van der Waals surface area contributed by atoms with Crippen molar-refractivity contribution in [3.63, 3.8) is 0 Å². The zero-order valence-electron chi connectivity index (χ0n) is 16.5. The molecule has 0 unspecified atom stereocenters. The summed E-state index contributed by atoms with van der Waals surface area (Å²) >= 11 is 0. The zero-order chi connectivity index (χ0) is 18.6. The van der Waals surface area contributed by atoms with Crippen LogP contribution < -0.4 is 0 Å². The van der Waals surface area contributed by atoms with E-state index in [0.717, 1.165) is 76.5 Å². The van der Waals surface area contributed by atoms with Gasteiger partial charge in [0.1, 0.15) is 17.5 Å². The SMILES string of the molecule is CCn1ccnc1CN1CCC[C@H](c2nnc(CN3CCOCC3)n2C)C1. The molecule has 0 N–H and O–H groups in total. The lowest BCUT2D eigenvalue weighted by molar-refractivity contribution is 0.0326. The number of morpholine rings is 1. The van der Waals surface area contributed by atoms with Crippen molar-refractivity contribution in [1.82, 2.24) is 34.1 Å². The van der Waals surface area contributed by atoms with Gasteiger partial charge >= 0.3 is 0 Å². The third-order valence-electron chi connectivity index (χ3n) is 5.85. The number of piperidine rings is 1. The summed E-state index contributed by atoms with van der Waals surface area (Å²) in [4.78, 5) is 9.45. The summed E-state index contributed by atoms with van der Waals surface area (Å²) in [5.74, 6) is 3.79. The highest BCUT2D eigenvalue weighted by Crippen LogP contribution is 2.26. The number of imidazole rings is 1. The first kappa shape index (κ1) is 18.6. The van der Waals surface area contributed by atoms with Crippen LogP contribution in [0.15, 0.2) is 12.4 Å². The standard InChI is InChI=1S/C19H31N7O/c1-3-26-8-6-20-17(26)14-25-7-4-5-16(13-25)19-22-21-18(23(19)2)15-24-9-11-27-12-10-24/h6,8,16H,3-5,7,9-15H2,1-2H3/t16-/m0/s1. The smallest absolute Gasteiger partial charge is 0.146 e. The molecule has 0 spiro atoms. The molecule has 1 atom stereocenters. The van der Waals surface area contributed by atoms with Crippen molar-refractivity contribution in [2.45, 2.75) is 45.3 Å². The normalized spacial score (nSPS) is 22.4. The number of hydrogen-bond acceptors (Lipinski definition) is 6. The number of nitrogens with zero attached hydrogens (tertiary/aromatic N) is 7. The van der Waals surface area contributed by atoms with Gasteiger partial charge < -0.3 is 13.9 Å². The van der Waals surface area contributed by atoms with Crippen LogP contribution >= 0.6 is 0 Å². The fourth-order valence-electron chi connectivity index (χ4n) is 4.22. The molecule has 0 aromatic carbocycles. The molecule has 0 amide bonds. The maximum Gasteiger partial charge on any atom is 0.146 e. The second-order valence-corrected chi connectivity index (χ2v) is 7.63. The van der Waals surface area contributed by atoms with Crippen LogP contribution in [0.25, 0.3) is 0 Å². The first-order chi connectivity index (χ1) is 13.2. The lowest BCUT2D eigenvalue weighted by Crippen LogP contribution is -2.37. The number of aryl methyl sites for hydroxylation is 1. The molecule has 27 heavy (non-hydrogen) atoms. The first-order valence-corrected chi connectivity index (χ1v) is 10.1. The summed E-state index contributed by atoms with van der Waals surface area (Å²) in [6.45, 7) is 10.7. The van der Waals surface area contributed by atoms with Crippen molar-refractivity contribution >= 4 is 0 Å². The largest absolute Gasteiger partial charge is 0.379 e. The average Bonchev–Trinajstić information content (AvgIpc) is 3.29. The first-order valence-electron chi connectivity index (χ1n) is 10.1. The van der Waals surface area contributed by atoms with E-state index in [9.17, 15) is 0 Å².